The maximum Gasteiger partial charge on any atom is 0.243 e. The number of nitrogens with zero attached hydrogens (tertiary/aromatic N) is 1. The number of hydrogen-bond donors (Lipinski definition) is 0. The number of ketones is 1. The van der Waals surface area contributed by atoms with Crippen LogP contribution in [0.25, 0.3) is 0 Å². The minimum Gasteiger partial charge on any atom is -0.299 e. The zero-order valence-electron chi connectivity index (χ0n) is 16.3. The van der Waals surface area contributed by atoms with Crippen molar-refractivity contribution in [3.05, 3.63) is 41.5 Å². The lowest BCUT2D eigenvalue weighted by Gasteiger charge is -2.33. The largest absolute Gasteiger partial charge is 0.299 e. The number of allylic oxidation sites excluding steroid dienone is 2. The lowest BCUT2D eigenvalue weighted by atomic mass is 9.70. The molecule has 0 unspecified atom stereocenters. The van der Waals surface area contributed by atoms with Gasteiger partial charge >= 0.3 is 0 Å². The summed E-state index contributed by atoms with van der Waals surface area (Å²) in [5.74, 6) is 0.338. The van der Waals surface area contributed by atoms with Crippen LogP contribution in [0.15, 0.2) is 40.8 Å². The van der Waals surface area contributed by atoms with Gasteiger partial charge in [-0.05, 0) is 63.0 Å². The van der Waals surface area contributed by atoms with Gasteiger partial charge in [0.1, 0.15) is 5.78 Å². The van der Waals surface area contributed by atoms with Crippen molar-refractivity contribution >= 4 is 15.8 Å². The summed E-state index contributed by atoms with van der Waals surface area (Å²) >= 11 is 0. The van der Waals surface area contributed by atoms with E-state index in [1.54, 1.807) is 16.4 Å². The third-order valence-corrected chi connectivity index (χ3v) is 8.62. The molecule has 3 aliphatic rings. The van der Waals surface area contributed by atoms with Crippen molar-refractivity contribution in [3.63, 3.8) is 0 Å². The highest BCUT2D eigenvalue weighted by molar-refractivity contribution is 7.89. The first-order valence-corrected chi connectivity index (χ1v) is 11.5. The van der Waals surface area contributed by atoms with E-state index in [0.29, 0.717) is 36.6 Å². The third kappa shape index (κ3) is 3.19. The quantitative estimate of drug-likeness (QED) is 0.729. The normalized spacial score (nSPS) is 32.2. The first-order chi connectivity index (χ1) is 12.8. The van der Waals surface area contributed by atoms with Gasteiger partial charge in [-0.2, -0.15) is 4.31 Å². The van der Waals surface area contributed by atoms with Gasteiger partial charge in [-0.1, -0.05) is 36.3 Å². The highest BCUT2D eigenvalue weighted by Crippen LogP contribution is 2.56. The van der Waals surface area contributed by atoms with Crippen LogP contribution in [-0.4, -0.2) is 31.6 Å². The molecular formula is C22H29NO3S. The molecular weight excluding hydrogens is 358 g/mol. The number of sulfonamides is 1. The van der Waals surface area contributed by atoms with E-state index in [1.165, 1.54) is 12.0 Å². The van der Waals surface area contributed by atoms with Crippen molar-refractivity contribution in [2.75, 3.05) is 13.1 Å². The fourth-order valence-corrected chi connectivity index (χ4v) is 6.99. The van der Waals surface area contributed by atoms with Crippen LogP contribution in [-0.2, 0) is 14.8 Å². The molecule has 2 bridgehead atoms. The van der Waals surface area contributed by atoms with Crippen molar-refractivity contribution in [2.24, 2.45) is 10.8 Å². The molecule has 5 heteroatoms. The van der Waals surface area contributed by atoms with Crippen molar-refractivity contribution in [3.8, 4) is 0 Å². The van der Waals surface area contributed by atoms with Gasteiger partial charge in [0.2, 0.25) is 10.0 Å². The Morgan fingerprint density at radius 2 is 1.85 bits per heavy atom. The lowest BCUT2D eigenvalue weighted by Crippen LogP contribution is -2.40. The topological polar surface area (TPSA) is 54.5 Å². The summed E-state index contributed by atoms with van der Waals surface area (Å²) in [5, 5.41) is 0. The van der Waals surface area contributed by atoms with Crippen LogP contribution in [0.1, 0.15) is 57.4 Å². The van der Waals surface area contributed by atoms with E-state index in [-0.39, 0.29) is 5.41 Å². The van der Waals surface area contributed by atoms with Crippen molar-refractivity contribution < 1.29 is 13.2 Å². The number of carbonyl (C=O) groups is 1. The zero-order valence-corrected chi connectivity index (χ0v) is 17.1. The number of Topliss-reactive ketones (excluding diaryl/α,β-unsaturated/α-hetero) is 1. The Hall–Kier alpha value is -1.46. The maximum absolute atomic E-state index is 13.3. The summed E-state index contributed by atoms with van der Waals surface area (Å²) in [4.78, 5) is 13.4. The van der Waals surface area contributed by atoms with Crippen molar-refractivity contribution in [1.82, 2.24) is 4.31 Å². The molecule has 1 saturated carbocycles. The molecule has 0 amide bonds. The molecule has 0 N–H and O–H groups in total. The molecule has 2 aliphatic carbocycles. The van der Waals surface area contributed by atoms with Crippen LogP contribution >= 0.6 is 0 Å². The molecule has 4 nitrogen and oxygen atoms in total. The lowest BCUT2D eigenvalue weighted by molar-refractivity contribution is -0.125. The van der Waals surface area contributed by atoms with Crippen molar-refractivity contribution in [2.45, 2.75) is 63.7 Å². The van der Waals surface area contributed by atoms with E-state index >= 15 is 0 Å². The van der Waals surface area contributed by atoms with Gasteiger partial charge in [-0.25, -0.2) is 8.42 Å². The smallest absolute Gasteiger partial charge is 0.243 e. The minimum absolute atomic E-state index is 0.274. The van der Waals surface area contributed by atoms with Crippen LogP contribution in [0.2, 0.25) is 0 Å². The summed E-state index contributed by atoms with van der Waals surface area (Å²) in [6.07, 6.45) is 8.56. The Kier molecular flexibility index (Phi) is 4.59. The standard InChI is InChI=1S/C22H29NO3S/c1-17-8-10-19(11-9-17)27(25,26)23-13-12-22(18-6-4-3-5-7-18)15-21(2,16-23)14-20(22)24/h6,8-11H,3-5,7,12-16H2,1-2H3/t21-,22-/m1/s1. The van der Waals surface area contributed by atoms with Crippen LogP contribution in [0, 0.1) is 17.8 Å². The molecule has 1 saturated heterocycles. The second-order valence-electron chi connectivity index (χ2n) is 9.05. The van der Waals surface area contributed by atoms with Crippen LogP contribution in [0.4, 0.5) is 0 Å². The zero-order chi connectivity index (χ0) is 19.3. The van der Waals surface area contributed by atoms with Gasteiger partial charge in [0.05, 0.1) is 10.3 Å². The molecule has 1 aliphatic heterocycles. The van der Waals surface area contributed by atoms with E-state index in [0.717, 1.165) is 31.2 Å². The predicted octanol–water partition coefficient (Wildman–Crippen LogP) is 4.25. The Labute approximate surface area is 162 Å². The highest BCUT2D eigenvalue weighted by atomic mass is 32.2. The Morgan fingerprint density at radius 1 is 1.11 bits per heavy atom. The van der Waals surface area contributed by atoms with Crippen LogP contribution in [0.3, 0.4) is 0 Å². The van der Waals surface area contributed by atoms with Crippen molar-refractivity contribution in [1.29, 1.82) is 0 Å². The van der Waals surface area contributed by atoms with Crippen LogP contribution in [0.5, 0.6) is 0 Å². The minimum atomic E-state index is -3.54. The molecule has 27 heavy (non-hydrogen) atoms. The summed E-state index contributed by atoms with van der Waals surface area (Å²) in [7, 11) is -3.54. The molecule has 1 heterocycles. The average molecular weight is 388 g/mol. The number of carbonyl (C=O) groups excluding carboxylic acids is 1. The SMILES string of the molecule is Cc1ccc(S(=O)(=O)N2CC[C@]3(C4=CCCCC4)C[C@@](C)(CC3=O)C2)cc1. The molecule has 0 aromatic heterocycles. The van der Waals surface area contributed by atoms with Gasteiger partial charge in [0.25, 0.3) is 0 Å². The molecule has 0 spiro atoms. The predicted molar refractivity (Wildman–Crippen MR) is 106 cm³/mol. The first kappa shape index (κ1) is 18.9. The first-order valence-electron chi connectivity index (χ1n) is 10.0. The van der Waals surface area contributed by atoms with Gasteiger partial charge < -0.3 is 0 Å². The monoisotopic (exact) mass is 387 g/mol. The highest BCUT2D eigenvalue weighted by Gasteiger charge is 2.56. The number of aryl methyl sites for hydroxylation is 1. The molecule has 4 rings (SSSR count). The Morgan fingerprint density at radius 3 is 2.52 bits per heavy atom. The molecule has 1 aromatic carbocycles. The second kappa shape index (κ2) is 6.56. The average Bonchev–Trinajstić information content (AvgIpc) is 2.79. The van der Waals surface area contributed by atoms with Gasteiger partial charge in [-0.15, -0.1) is 0 Å². The number of hydrogen-bond acceptors (Lipinski definition) is 3. The second-order valence-corrected chi connectivity index (χ2v) is 11.0. The molecule has 1 aromatic rings. The Bertz CT molecular complexity index is 887. The van der Waals surface area contributed by atoms with E-state index < -0.39 is 15.4 Å². The van der Waals surface area contributed by atoms with Gasteiger partial charge in [0, 0.05) is 19.5 Å². The molecule has 146 valence electrons. The Balaban J connectivity index is 1.68. The third-order valence-electron chi connectivity index (χ3n) is 6.76. The van der Waals surface area contributed by atoms with E-state index in [9.17, 15) is 13.2 Å². The number of fused-ring (bicyclic) bond motifs is 2. The van der Waals surface area contributed by atoms with E-state index in [1.807, 2.05) is 19.1 Å². The fraction of sp³-hybridized carbons (Fsp3) is 0.591. The maximum atomic E-state index is 13.3. The van der Waals surface area contributed by atoms with Crippen LogP contribution < -0.4 is 0 Å². The van der Waals surface area contributed by atoms with E-state index in [4.69, 9.17) is 0 Å². The van der Waals surface area contributed by atoms with Gasteiger partial charge in [0.15, 0.2) is 0 Å². The number of benzene rings is 1. The summed E-state index contributed by atoms with van der Waals surface area (Å²) in [6, 6.07) is 7.08. The van der Waals surface area contributed by atoms with Gasteiger partial charge in [-0.3, -0.25) is 4.79 Å². The molecule has 2 fully saturated rings. The fourth-order valence-electron chi connectivity index (χ4n) is 5.40. The van der Waals surface area contributed by atoms with E-state index in [2.05, 4.69) is 13.0 Å². The summed E-state index contributed by atoms with van der Waals surface area (Å²) < 4.78 is 28.2. The summed E-state index contributed by atoms with van der Waals surface area (Å²) in [5.41, 5.74) is 1.64. The molecule has 2 atom stereocenters. The number of rotatable bonds is 3. The summed E-state index contributed by atoms with van der Waals surface area (Å²) in [6.45, 7) is 4.91. The molecule has 0 radical (unpaired) electrons.